The highest BCUT2D eigenvalue weighted by molar-refractivity contribution is 8.26. The van der Waals surface area contributed by atoms with Crippen LogP contribution >= 0.6 is 24.0 Å². The Kier molecular flexibility index (Phi) is 7.29. The van der Waals surface area contributed by atoms with Crippen LogP contribution in [0.1, 0.15) is 44.1 Å². The molecule has 2 aliphatic heterocycles. The highest BCUT2D eigenvalue weighted by Crippen LogP contribution is 2.38. The maximum absolute atomic E-state index is 13.7. The molecule has 1 saturated carbocycles. The van der Waals surface area contributed by atoms with Gasteiger partial charge in [-0.2, -0.15) is 0 Å². The number of amides is 2. The first-order valence-electron chi connectivity index (χ1n) is 12.3. The number of thiocarbonyl (C=S) groups is 1. The second-order valence-electron chi connectivity index (χ2n) is 9.21. The van der Waals surface area contributed by atoms with Crippen LogP contribution in [-0.4, -0.2) is 68.7 Å². The van der Waals surface area contributed by atoms with E-state index < -0.39 is 12.0 Å². The standard InChI is InChI=1S/C25H27N5O5S2/c1-35-20(31)14-17-22(32)26-10-12-28(17)21-16(23(33)29-11-6-5-9-19(29)27-21)13-18-24(34)30(25(36)37-18)15-7-3-2-4-8-15/h5-6,9,11,13,15,17H,2-4,7-8,10,12,14H2,1H3,(H,26,32)/b18-13-. The highest BCUT2D eigenvalue weighted by atomic mass is 32.2. The van der Waals surface area contributed by atoms with E-state index in [2.05, 4.69) is 5.32 Å². The molecule has 194 valence electrons. The van der Waals surface area contributed by atoms with Crippen molar-refractivity contribution in [3.8, 4) is 0 Å². The van der Waals surface area contributed by atoms with Gasteiger partial charge in [-0.3, -0.25) is 28.5 Å². The third kappa shape index (κ3) is 4.87. The Hall–Kier alpha value is -3.25. The Morgan fingerprint density at radius 3 is 2.78 bits per heavy atom. The first-order valence-corrected chi connectivity index (χ1v) is 13.5. The van der Waals surface area contributed by atoms with Crippen molar-refractivity contribution in [2.24, 2.45) is 0 Å². The van der Waals surface area contributed by atoms with Crippen LogP contribution in [0.2, 0.25) is 0 Å². The minimum absolute atomic E-state index is 0.0673. The predicted molar refractivity (Wildman–Crippen MR) is 144 cm³/mol. The second kappa shape index (κ2) is 10.6. The van der Waals surface area contributed by atoms with Crippen LogP contribution in [-0.2, 0) is 19.1 Å². The lowest BCUT2D eigenvalue weighted by molar-refractivity contribution is -0.143. The molecule has 0 aromatic carbocycles. The van der Waals surface area contributed by atoms with Crippen molar-refractivity contribution >= 4 is 63.6 Å². The molecule has 4 heterocycles. The lowest BCUT2D eigenvalue weighted by atomic mass is 9.94. The molecule has 2 saturated heterocycles. The molecule has 1 aliphatic carbocycles. The number of anilines is 1. The summed E-state index contributed by atoms with van der Waals surface area (Å²) in [5.74, 6) is -0.892. The normalized spacial score (nSPS) is 22.1. The number of pyridine rings is 1. The van der Waals surface area contributed by atoms with Crippen molar-refractivity contribution in [2.45, 2.75) is 50.6 Å². The summed E-state index contributed by atoms with van der Waals surface area (Å²) in [6.45, 7) is 0.641. The number of hydrogen-bond acceptors (Lipinski definition) is 9. The fraction of sp³-hybridized carbons (Fsp3) is 0.440. The Bertz CT molecular complexity index is 1370. The van der Waals surface area contributed by atoms with Crippen molar-refractivity contribution in [1.29, 1.82) is 0 Å². The van der Waals surface area contributed by atoms with E-state index in [-0.39, 0.29) is 41.2 Å². The third-order valence-corrected chi connectivity index (χ3v) is 8.31. The maximum Gasteiger partial charge on any atom is 0.308 e. The first-order chi connectivity index (χ1) is 17.9. The molecule has 3 fully saturated rings. The van der Waals surface area contributed by atoms with E-state index in [1.807, 2.05) is 0 Å². The molecule has 12 heteroatoms. The maximum atomic E-state index is 13.7. The van der Waals surface area contributed by atoms with Crippen molar-refractivity contribution < 1.29 is 19.1 Å². The zero-order valence-electron chi connectivity index (χ0n) is 20.3. The number of rotatable bonds is 5. The van der Waals surface area contributed by atoms with Crippen LogP contribution in [0.4, 0.5) is 5.82 Å². The molecule has 2 aromatic heterocycles. The molecule has 0 radical (unpaired) electrons. The average Bonchev–Trinajstić information content (AvgIpc) is 3.19. The summed E-state index contributed by atoms with van der Waals surface area (Å²) in [5.41, 5.74) is 0.168. The third-order valence-electron chi connectivity index (χ3n) is 6.98. The van der Waals surface area contributed by atoms with Crippen LogP contribution < -0.4 is 15.8 Å². The minimum Gasteiger partial charge on any atom is -0.469 e. The summed E-state index contributed by atoms with van der Waals surface area (Å²) < 4.78 is 6.69. The van der Waals surface area contributed by atoms with Crippen molar-refractivity contribution in [1.82, 2.24) is 19.6 Å². The average molecular weight is 542 g/mol. The molecular formula is C25H27N5O5S2. The van der Waals surface area contributed by atoms with Gasteiger partial charge in [-0.25, -0.2) is 4.98 Å². The van der Waals surface area contributed by atoms with Crippen LogP contribution in [0.25, 0.3) is 11.7 Å². The van der Waals surface area contributed by atoms with Crippen molar-refractivity contribution in [2.75, 3.05) is 25.1 Å². The van der Waals surface area contributed by atoms with Crippen LogP contribution in [0.5, 0.6) is 0 Å². The molecule has 2 aromatic rings. The molecular weight excluding hydrogens is 514 g/mol. The molecule has 0 spiro atoms. The molecule has 2 amide bonds. The highest BCUT2D eigenvalue weighted by Gasteiger charge is 2.39. The monoisotopic (exact) mass is 541 g/mol. The topological polar surface area (TPSA) is 113 Å². The number of aromatic nitrogens is 2. The Morgan fingerprint density at radius 1 is 1.24 bits per heavy atom. The van der Waals surface area contributed by atoms with Gasteiger partial charge in [0, 0.05) is 25.3 Å². The molecule has 3 aliphatic rings. The zero-order chi connectivity index (χ0) is 26.1. The summed E-state index contributed by atoms with van der Waals surface area (Å²) in [6, 6.07) is 4.32. The number of methoxy groups -OCH3 is 1. The molecule has 1 N–H and O–H groups in total. The van der Waals surface area contributed by atoms with Gasteiger partial charge in [0.15, 0.2) is 0 Å². The van der Waals surface area contributed by atoms with Gasteiger partial charge in [0.1, 0.15) is 21.8 Å². The second-order valence-corrected chi connectivity index (χ2v) is 10.9. The molecule has 1 atom stereocenters. The number of thioether (sulfide) groups is 1. The summed E-state index contributed by atoms with van der Waals surface area (Å²) >= 11 is 6.74. The fourth-order valence-corrected chi connectivity index (χ4v) is 6.50. The number of carbonyl (C=O) groups excluding carboxylic acids is 3. The Labute approximate surface area is 223 Å². The zero-order valence-corrected chi connectivity index (χ0v) is 22.0. The number of carbonyl (C=O) groups is 3. The summed E-state index contributed by atoms with van der Waals surface area (Å²) in [6.07, 6.45) is 8.01. The van der Waals surface area contributed by atoms with Crippen molar-refractivity contribution in [3.05, 3.63) is 45.2 Å². The number of nitrogens with one attached hydrogen (secondary N) is 1. The Balaban J connectivity index is 1.61. The van der Waals surface area contributed by atoms with Crippen molar-refractivity contribution in [3.63, 3.8) is 0 Å². The number of hydrogen-bond donors (Lipinski definition) is 1. The van der Waals surface area contributed by atoms with Crippen LogP contribution in [0.3, 0.4) is 0 Å². The lowest BCUT2D eigenvalue weighted by Gasteiger charge is -2.36. The molecule has 10 nitrogen and oxygen atoms in total. The van der Waals surface area contributed by atoms with Gasteiger partial charge in [-0.05, 0) is 31.1 Å². The number of piperazine rings is 1. The molecule has 5 rings (SSSR count). The molecule has 1 unspecified atom stereocenters. The number of ether oxygens (including phenoxy) is 1. The van der Waals surface area contributed by atoms with E-state index in [1.165, 1.54) is 29.3 Å². The molecule has 37 heavy (non-hydrogen) atoms. The van der Waals surface area contributed by atoms with E-state index >= 15 is 0 Å². The first kappa shape index (κ1) is 25.4. The minimum atomic E-state index is -0.914. The summed E-state index contributed by atoms with van der Waals surface area (Å²) in [7, 11) is 1.26. The van der Waals surface area contributed by atoms with Gasteiger partial charge < -0.3 is 15.0 Å². The van der Waals surface area contributed by atoms with Gasteiger partial charge in [-0.1, -0.05) is 49.3 Å². The number of fused-ring (bicyclic) bond motifs is 1. The van der Waals surface area contributed by atoms with E-state index in [1.54, 1.807) is 34.2 Å². The van der Waals surface area contributed by atoms with E-state index in [4.69, 9.17) is 21.9 Å². The fourth-order valence-electron chi connectivity index (χ4n) is 5.11. The Morgan fingerprint density at radius 2 is 2.03 bits per heavy atom. The lowest BCUT2D eigenvalue weighted by Crippen LogP contribution is -2.57. The van der Waals surface area contributed by atoms with Crippen LogP contribution in [0, 0.1) is 0 Å². The van der Waals surface area contributed by atoms with Gasteiger partial charge in [0.05, 0.1) is 24.0 Å². The van der Waals surface area contributed by atoms with Gasteiger partial charge >= 0.3 is 5.97 Å². The van der Waals surface area contributed by atoms with Gasteiger partial charge in [0.2, 0.25) is 5.91 Å². The smallest absolute Gasteiger partial charge is 0.308 e. The van der Waals surface area contributed by atoms with E-state index in [9.17, 15) is 19.2 Å². The molecule has 0 bridgehead atoms. The largest absolute Gasteiger partial charge is 0.469 e. The van der Waals surface area contributed by atoms with E-state index in [0.29, 0.717) is 28.0 Å². The quantitative estimate of drug-likeness (QED) is 0.345. The van der Waals surface area contributed by atoms with Crippen LogP contribution in [0.15, 0.2) is 34.1 Å². The summed E-state index contributed by atoms with van der Waals surface area (Å²) in [4.78, 5) is 60.5. The number of nitrogens with zero attached hydrogens (tertiary/aromatic N) is 4. The predicted octanol–water partition coefficient (Wildman–Crippen LogP) is 2.10. The number of esters is 1. The van der Waals surface area contributed by atoms with Gasteiger partial charge in [-0.15, -0.1) is 0 Å². The van der Waals surface area contributed by atoms with Gasteiger partial charge in [0.25, 0.3) is 11.5 Å². The summed E-state index contributed by atoms with van der Waals surface area (Å²) in [5, 5.41) is 2.76. The van der Waals surface area contributed by atoms with E-state index in [0.717, 1.165) is 32.1 Å². The SMILES string of the molecule is COC(=O)CC1C(=O)NCCN1c1nc2ccccn2c(=O)c1/C=C1\SC(=S)N(C2CCCCC2)C1=O.